The maximum atomic E-state index is 11.7. The zero-order valence-corrected chi connectivity index (χ0v) is 21.5. The van der Waals surface area contributed by atoms with Crippen LogP contribution in [0.1, 0.15) is 21.6 Å². The van der Waals surface area contributed by atoms with Crippen molar-refractivity contribution in [1.82, 2.24) is 0 Å². The molecule has 172 valence electrons. The van der Waals surface area contributed by atoms with E-state index in [4.69, 9.17) is 4.74 Å². The molecular formula is C26H21BrN2O3S2. The second-order valence-electron chi connectivity index (χ2n) is 7.41. The van der Waals surface area contributed by atoms with Crippen molar-refractivity contribution in [2.24, 2.45) is 10.2 Å². The lowest BCUT2D eigenvalue weighted by molar-refractivity contribution is 0.328. The van der Waals surface area contributed by atoms with Gasteiger partial charge >= 0.3 is 0 Å². The minimum Gasteiger partial charge on any atom is -0.489 e. The van der Waals surface area contributed by atoms with Gasteiger partial charge in [0.1, 0.15) is 18.1 Å². The van der Waals surface area contributed by atoms with Crippen molar-refractivity contribution in [3.8, 4) is 5.75 Å². The molecule has 8 heteroatoms. The molecule has 0 unspecified atom stereocenters. The Labute approximate surface area is 211 Å². The van der Waals surface area contributed by atoms with Crippen molar-refractivity contribution in [1.29, 1.82) is 0 Å². The van der Waals surface area contributed by atoms with Gasteiger partial charge in [-0.2, -0.15) is 5.10 Å². The van der Waals surface area contributed by atoms with Gasteiger partial charge in [-0.25, -0.2) is 8.42 Å². The number of fused-ring (bicyclic) bond motifs is 2. The van der Waals surface area contributed by atoms with Crippen LogP contribution in [-0.2, 0) is 16.4 Å². The highest BCUT2D eigenvalue weighted by atomic mass is 79.9. The first kappa shape index (κ1) is 24.1. The first-order valence-corrected chi connectivity index (χ1v) is 13.9. The molecule has 0 fully saturated rings. The predicted octanol–water partition coefficient (Wildman–Crippen LogP) is 6.36. The average Bonchev–Trinajstić information content (AvgIpc) is 3.39. The summed E-state index contributed by atoms with van der Waals surface area (Å²) in [6.45, 7) is 0.766. The molecule has 34 heavy (non-hydrogen) atoms. The van der Waals surface area contributed by atoms with Gasteiger partial charge in [0, 0.05) is 22.8 Å². The molecule has 0 saturated heterocycles. The third-order valence-corrected chi connectivity index (χ3v) is 8.42. The van der Waals surface area contributed by atoms with Crippen LogP contribution >= 0.6 is 27.3 Å². The summed E-state index contributed by atoms with van der Waals surface area (Å²) in [5.74, 6) is 1.00. The van der Waals surface area contributed by atoms with Crippen LogP contribution in [-0.4, -0.2) is 26.6 Å². The molecule has 5 nitrogen and oxygen atoms in total. The van der Waals surface area contributed by atoms with E-state index in [9.17, 15) is 8.42 Å². The van der Waals surface area contributed by atoms with E-state index >= 15 is 0 Å². The maximum absolute atomic E-state index is 11.7. The van der Waals surface area contributed by atoms with Crippen LogP contribution in [0.3, 0.4) is 0 Å². The standard InChI is InChI=1S/C19H15BrN2O2S2.C7H6O/c1-26(23,24)17-13-25-16(18(17)20)12-21-22-19(14-8-4-2-5-9-14)15-10-6-3-7-11-15;1-2-6-4-7(3-1)8-5-6/h2-13H,1H3;1-4H,5H2. The van der Waals surface area contributed by atoms with Gasteiger partial charge in [0.25, 0.3) is 0 Å². The van der Waals surface area contributed by atoms with Gasteiger partial charge < -0.3 is 4.74 Å². The van der Waals surface area contributed by atoms with E-state index in [-0.39, 0.29) is 4.90 Å². The molecule has 0 spiro atoms. The fourth-order valence-corrected chi connectivity index (χ4v) is 6.73. The molecular weight excluding hydrogens is 532 g/mol. The van der Waals surface area contributed by atoms with Gasteiger partial charge in [-0.1, -0.05) is 72.8 Å². The van der Waals surface area contributed by atoms with Crippen LogP contribution in [0, 0.1) is 0 Å². The van der Waals surface area contributed by atoms with E-state index in [0.717, 1.165) is 29.2 Å². The van der Waals surface area contributed by atoms with Gasteiger partial charge in [-0.15, -0.1) is 16.4 Å². The van der Waals surface area contributed by atoms with Crippen molar-refractivity contribution >= 4 is 49.0 Å². The maximum Gasteiger partial charge on any atom is 0.177 e. The molecule has 0 radical (unpaired) electrons. The average molecular weight is 554 g/mol. The Kier molecular flexibility index (Phi) is 7.72. The highest BCUT2D eigenvalue weighted by molar-refractivity contribution is 9.10. The second-order valence-corrected chi connectivity index (χ2v) is 11.1. The number of benzene rings is 3. The largest absolute Gasteiger partial charge is 0.489 e. The minimum atomic E-state index is -3.27. The molecule has 1 aliphatic heterocycles. The second kappa shape index (κ2) is 10.9. The summed E-state index contributed by atoms with van der Waals surface area (Å²) >= 11 is 4.64. The number of thiophene rings is 1. The summed E-state index contributed by atoms with van der Waals surface area (Å²) in [4.78, 5) is 0.967. The normalized spacial score (nSPS) is 12.1. The third kappa shape index (κ3) is 6.08. The molecule has 1 aromatic heterocycles. The predicted molar refractivity (Wildman–Crippen MR) is 142 cm³/mol. The SMILES string of the molecule is CS(=O)(=O)c1csc(C=NN=C(c2ccccc2)c2ccccc2)c1Br.c1cc2cc(c1)OC2. The Morgan fingerprint density at radius 3 is 2.15 bits per heavy atom. The molecule has 0 saturated carbocycles. The smallest absolute Gasteiger partial charge is 0.177 e. The fourth-order valence-electron chi connectivity index (χ4n) is 3.18. The van der Waals surface area contributed by atoms with Crippen LogP contribution in [0.4, 0.5) is 0 Å². The zero-order chi connectivity index (χ0) is 24.0. The van der Waals surface area contributed by atoms with E-state index < -0.39 is 9.84 Å². The molecule has 2 bridgehead atoms. The Morgan fingerprint density at radius 1 is 0.971 bits per heavy atom. The Bertz CT molecular complexity index is 1370. The van der Waals surface area contributed by atoms with E-state index in [0.29, 0.717) is 9.35 Å². The summed E-state index contributed by atoms with van der Waals surface area (Å²) in [7, 11) is -3.27. The number of ether oxygens (including phenoxy) is 1. The summed E-state index contributed by atoms with van der Waals surface area (Å²) in [5, 5.41) is 10.2. The number of halogens is 1. The van der Waals surface area contributed by atoms with Gasteiger partial charge in [-0.05, 0) is 33.6 Å². The molecule has 5 rings (SSSR count). The fraction of sp³-hybridized carbons (Fsp3) is 0.0769. The molecule has 0 atom stereocenters. The van der Waals surface area contributed by atoms with Gasteiger partial charge in [-0.3, -0.25) is 0 Å². The Hall–Kier alpha value is -3.07. The topological polar surface area (TPSA) is 68.1 Å². The van der Waals surface area contributed by atoms with Crippen LogP contribution in [0.5, 0.6) is 5.75 Å². The monoisotopic (exact) mass is 552 g/mol. The van der Waals surface area contributed by atoms with Gasteiger partial charge in [0.05, 0.1) is 20.5 Å². The Balaban J connectivity index is 0.000000285. The van der Waals surface area contributed by atoms with Crippen LogP contribution in [0.15, 0.2) is 110 Å². The van der Waals surface area contributed by atoms with Crippen molar-refractivity contribution in [3.05, 3.63) is 116 Å². The molecule has 4 aromatic rings. The van der Waals surface area contributed by atoms with Gasteiger partial charge in [0.2, 0.25) is 0 Å². The van der Waals surface area contributed by atoms with Gasteiger partial charge in [0.15, 0.2) is 9.84 Å². The highest BCUT2D eigenvalue weighted by Gasteiger charge is 2.16. The molecule has 1 aliphatic rings. The summed E-state index contributed by atoms with van der Waals surface area (Å²) in [5.41, 5.74) is 3.94. The molecule has 2 heterocycles. The van der Waals surface area contributed by atoms with Crippen molar-refractivity contribution < 1.29 is 13.2 Å². The summed E-state index contributed by atoms with van der Waals surface area (Å²) in [6, 6.07) is 27.7. The lowest BCUT2D eigenvalue weighted by Gasteiger charge is -2.04. The number of nitrogens with zero attached hydrogens (tertiary/aromatic N) is 2. The van der Waals surface area contributed by atoms with E-state index in [2.05, 4.69) is 38.3 Å². The lowest BCUT2D eigenvalue weighted by atomic mass is 10.0. The van der Waals surface area contributed by atoms with Crippen LogP contribution in [0.25, 0.3) is 0 Å². The van der Waals surface area contributed by atoms with E-state index in [1.807, 2.05) is 72.8 Å². The van der Waals surface area contributed by atoms with E-state index in [1.165, 1.54) is 23.2 Å². The molecule has 0 N–H and O–H groups in total. The third-order valence-electron chi connectivity index (χ3n) is 4.86. The number of hydrogen-bond acceptors (Lipinski definition) is 6. The van der Waals surface area contributed by atoms with Crippen LogP contribution < -0.4 is 4.74 Å². The molecule has 3 aromatic carbocycles. The van der Waals surface area contributed by atoms with Crippen molar-refractivity contribution in [3.63, 3.8) is 0 Å². The number of sulfone groups is 1. The minimum absolute atomic E-state index is 0.263. The summed E-state index contributed by atoms with van der Waals surface area (Å²) < 4.78 is 29.1. The number of hydrogen-bond donors (Lipinski definition) is 0. The van der Waals surface area contributed by atoms with E-state index in [1.54, 1.807) is 11.6 Å². The first-order valence-electron chi connectivity index (χ1n) is 10.3. The molecule has 0 amide bonds. The lowest BCUT2D eigenvalue weighted by Crippen LogP contribution is -2.02. The Morgan fingerprint density at radius 2 is 1.62 bits per heavy atom. The molecule has 0 aliphatic carbocycles. The quantitative estimate of drug-likeness (QED) is 0.213. The van der Waals surface area contributed by atoms with Crippen LogP contribution in [0.2, 0.25) is 0 Å². The zero-order valence-electron chi connectivity index (χ0n) is 18.3. The first-order chi connectivity index (χ1) is 16.4. The summed E-state index contributed by atoms with van der Waals surface area (Å²) in [6.07, 6.45) is 2.75. The highest BCUT2D eigenvalue weighted by Crippen LogP contribution is 2.30. The van der Waals surface area contributed by atoms with Crippen molar-refractivity contribution in [2.45, 2.75) is 11.5 Å². The number of rotatable bonds is 5. The van der Waals surface area contributed by atoms with Crippen molar-refractivity contribution in [2.75, 3.05) is 6.26 Å².